The van der Waals surface area contributed by atoms with Crippen LogP contribution in [0.3, 0.4) is 0 Å². The van der Waals surface area contributed by atoms with E-state index in [2.05, 4.69) is 43.2 Å². The van der Waals surface area contributed by atoms with E-state index in [1.165, 1.54) is 28.1 Å². The number of anilines is 1. The van der Waals surface area contributed by atoms with Crippen molar-refractivity contribution >= 4 is 22.4 Å². The fourth-order valence-electron chi connectivity index (χ4n) is 2.97. The van der Waals surface area contributed by atoms with Crippen LogP contribution in [0.25, 0.3) is 0 Å². The molecular formula is C18H22N2OS. The fourth-order valence-corrected chi connectivity index (χ4v) is 4.16. The normalized spacial score (nSPS) is 17.1. The standard InChI is InChI=1S/C18H22N2OS/c1-11-4-6-14(13(3)8-11)10-17(21)20-18-19-15-7-5-12(2)9-16(15)22-18/h4,6,8,12H,5,7,9-10H2,1-3H3,(H,19,20,21)/t12-/m0/s1. The number of aryl methyl sites for hydroxylation is 3. The highest BCUT2D eigenvalue weighted by Gasteiger charge is 2.20. The van der Waals surface area contributed by atoms with Gasteiger partial charge in [0.05, 0.1) is 12.1 Å². The molecule has 0 unspecified atom stereocenters. The number of thiazole rings is 1. The number of fused-ring (bicyclic) bond motifs is 1. The lowest BCUT2D eigenvalue weighted by Gasteiger charge is -2.15. The van der Waals surface area contributed by atoms with Crippen LogP contribution >= 0.6 is 11.3 Å². The number of carbonyl (C=O) groups is 1. The lowest BCUT2D eigenvalue weighted by Crippen LogP contribution is -2.15. The van der Waals surface area contributed by atoms with Gasteiger partial charge in [-0.05, 0) is 50.2 Å². The van der Waals surface area contributed by atoms with Crippen LogP contribution in [-0.2, 0) is 24.1 Å². The van der Waals surface area contributed by atoms with E-state index in [4.69, 9.17) is 0 Å². The molecule has 3 nitrogen and oxygen atoms in total. The molecular weight excluding hydrogens is 292 g/mol. The number of aromatic nitrogens is 1. The van der Waals surface area contributed by atoms with E-state index >= 15 is 0 Å². The molecule has 0 bridgehead atoms. The highest BCUT2D eigenvalue weighted by Crippen LogP contribution is 2.32. The van der Waals surface area contributed by atoms with E-state index in [1.807, 2.05) is 6.07 Å². The predicted molar refractivity (Wildman–Crippen MR) is 91.6 cm³/mol. The molecule has 1 aliphatic rings. The zero-order valence-corrected chi connectivity index (χ0v) is 14.2. The Labute approximate surface area is 135 Å². The summed E-state index contributed by atoms with van der Waals surface area (Å²) in [4.78, 5) is 18.2. The minimum Gasteiger partial charge on any atom is -0.302 e. The highest BCUT2D eigenvalue weighted by molar-refractivity contribution is 7.15. The summed E-state index contributed by atoms with van der Waals surface area (Å²) < 4.78 is 0. The second kappa shape index (κ2) is 6.21. The molecule has 0 saturated carbocycles. The predicted octanol–water partition coefficient (Wildman–Crippen LogP) is 4.07. The number of nitrogens with zero attached hydrogens (tertiary/aromatic N) is 1. The lowest BCUT2D eigenvalue weighted by atomic mass is 9.93. The van der Waals surface area contributed by atoms with Crippen LogP contribution in [-0.4, -0.2) is 10.9 Å². The van der Waals surface area contributed by atoms with Gasteiger partial charge in [0.15, 0.2) is 5.13 Å². The van der Waals surface area contributed by atoms with Crippen LogP contribution in [0.5, 0.6) is 0 Å². The molecule has 2 aromatic rings. The lowest BCUT2D eigenvalue weighted by molar-refractivity contribution is -0.115. The van der Waals surface area contributed by atoms with Gasteiger partial charge in [-0.15, -0.1) is 11.3 Å². The summed E-state index contributed by atoms with van der Waals surface area (Å²) in [6.45, 7) is 6.40. The molecule has 3 rings (SSSR count). The van der Waals surface area contributed by atoms with Crippen LogP contribution in [0.1, 0.15) is 40.6 Å². The van der Waals surface area contributed by atoms with Crippen LogP contribution < -0.4 is 5.32 Å². The first-order valence-electron chi connectivity index (χ1n) is 7.86. The maximum Gasteiger partial charge on any atom is 0.230 e. The average Bonchev–Trinajstić information content (AvgIpc) is 2.83. The number of benzene rings is 1. The van der Waals surface area contributed by atoms with Gasteiger partial charge in [-0.1, -0.05) is 30.7 Å². The SMILES string of the molecule is Cc1ccc(CC(=O)Nc2nc3c(s2)C[C@@H](C)CC3)c(C)c1. The monoisotopic (exact) mass is 314 g/mol. The first-order valence-corrected chi connectivity index (χ1v) is 8.67. The van der Waals surface area contributed by atoms with Crippen molar-refractivity contribution in [2.75, 3.05) is 5.32 Å². The second-order valence-electron chi connectivity index (χ2n) is 6.39. The van der Waals surface area contributed by atoms with Gasteiger partial charge in [0, 0.05) is 4.88 Å². The molecule has 22 heavy (non-hydrogen) atoms. The Balaban J connectivity index is 1.67. The van der Waals surface area contributed by atoms with Crippen LogP contribution in [0, 0.1) is 19.8 Å². The molecule has 0 aliphatic heterocycles. The molecule has 1 amide bonds. The van der Waals surface area contributed by atoms with Crippen molar-refractivity contribution in [2.24, 2.45) is 5.92 Å². The molecule has 1 aromatic heterocycles. The molecule has 0 spiro atoms. The van der Waals surface area contributed by atoms with Crippen molar-refractivity contribution in [1.82, 2.24) is 4.98 Å². The molecule has 1 heterocycles. The van der Waals surface area contributed by atoms with E-state index in [-0.39, 0.29) is 5.91 Å². The number of amides is 1. The Bertz CT molecular complexity index is 705. The molecule has 116 valence electrons. The Morgan fingerprint density at radius 1 is 1.41 bits per heavy atom. The number of nitrogens with one attached hydrogen (secondary N) is 1. The summed E-state index contributed by atoms with van der Waals surface area (Å²) in [6, 6.07) is 6.21. The van der Waals surface area contributed by atoms with Crippen molar-refractivity contribution < 1.29 is 4.79 Å². The minimum absolute atomic E-state index is 0.0195. The smallest absolute Gasteiger partial charge is 0.230 e. The summed E-state index contributed by atoms with van der Waals surface area (Å²) in [5.41, 5.74) is 4.66. The Kier molecular flexibility index (Phi) is 4.30. The Morgan fingerprint density at radius 3 is 3.00 bits per heavy atom. The number of hydrogen-bond donors (Lipinski definition) is 1. The summed E-state index contributed by atoms with van der Waals surface area (Å²) in [7, 11) is 0. The highest BCUT2D eigenvalue weighted by atomic mass is 32.1. The average molecular weight is 314 g/mol. The third-order valence-corrected chi connectivity index (χ3v) is 5.32. The van der Waals surface area contributed by atoms with E-state index in [0.29, 0.717) is 6.42 Å². The first-order chi connectivity index (χ1) is 10.5. The molecule has 0 radical (unpaired) electrons. The number of rotatable bonds is 3. The van der Waals surface area contributed by atoms with Gasteiger partial charge in [0.1, 0.15) is 0 Å². The summed E-state index contributed by atoms with van der Waals surface area (Å²) in [5.74, 6) is 0.748. The molecule has 1 N–H and O–H groups in total. The van der Waals surface area contributed by atoms with Crippen molar-refractivity contribution in [3.63, 3.8) is 0 Å². The third kappa shape index (κ3) is 3.38. The van der Waals surface area contributed by atoms with E-state index < -0.39 is 0 Å². The number of carbonyl (C=O) groups excluding carboxylic acids is 1. The largest absolute Gasteiger partial charge is 0.302 e. The van der Waals surface area contributed by atoms with E-state index in [9.17, 15) is 4.79 Å². The molecule has 0 fully saturated rings. The van der Waals surface area contributed by atoms with Crippen molar-refractivity contribution in [3.8, 4) is 0 Å². The third-order valence-electron chi connectivity index (χ3n) is 4.28. The zero-order chi connectivity index (χ0) is 15.7. The molecule has 1 atom stereocenters. The summed E-state index contributed by atoms with van der Waals surface area (Å²) in [6.07, 6.45) is 3.75. The molecule has 1 aromatic carbocycles. The molecule has 1 aliphatic carbocycles. The van der Waals surface area contributed by atoms with Crippen LogP contribution in [0.2, 0.25) is 0 Å². The van der Waals surface area contributed by atoms with Crippen molar-refractivity contribution in [3.05, 3.63) is 45.5 Å². The van der Waals surface area contributed by atoms with Gasteiger partial charge >= 0.3 is 0 Å². The summed E-state index contributed by atoms with van der Waals surface area (Å²) in [5, 5.41) is 3.73. The van der Waals surface area contributed by atoms with Gasteiger partial charge in [0.2, 0.25) is 5.91 Å². The maximum absolute atomic E-state index is 12.3. The van der Waals surface area contributed by atoms with Crippen LogP contribution in [0.4, 0.5) is 5.13 Å². The maximum atomic E-state index is 12.3. The van der Waals surface area contributed by atoms with Crippen LogP contribution in [0.15, 0.2) is 18.2 Å². The Morgan fingerprint density at radius 2 is 2.23 bits per heavy atom. The van der Waals surface area contributed by atoms with Crippen molar-refractivity contribution in [1.29, 1.82) is 0 Å². The molecule has 0 saturated heterocycles. The zero-order valence-electron chi connectivity index (χ0n) is 13.4. The van der Waals surface area contributed by atoms with E-state index in [1.54, 1.807) is 11.3 Å². The summed E-state index contributed by atoms with van der Waals surface area (Å²) >= 11 is 1.64. The van der Waals surface area contributed by atoms with Gasteiger partial charge in [-0.3, -0.25) is 4.79 Å². The topological polar surface area (TPSA) is 42.0 Å². The first kappa shape index (κ1) is 15.2. The fraction of sp³-hybridized carbons (Fsp3) is 0.444. The van der Waals surface area contributed by atoms with Crippen molar-refractivity contribution in [2.45, 2.75) is 46.5 Å². The quantitative estimate of drug-likeness (QED) is 0.928. The minimum atomic E-state index is 0.0195. The van der Waals surface area contributed by atoms with Gasteiger partial charge in [-0.2, -0.15) is 0 Å². The number of hydrogen-bond acceptors (Lipinski definition) is 3. The molecule has 4 heteroatoms. The van der Waals surface area contributed by atoms with Gasteiger partial charge in [0.25, 0.3) is 0 Å². The van der Waals surface area contributed by atoms with Gasteiger partial charge < -0.3 is 5.32 Å². The second-order valence-corrected chi connectivity index (χ2v) is 7.48. The van der Waals surface area contributed by atoms with E-state index in [0.717, 1.165) is 29.5 Å². The Hall–Kier alpha value is -1.68. The van der Waals surface area contributed by atoms with Gasteiger partial charge in [-0.25, -0.2) is 4.98 Å².